The normalized spacial score (nSPS) is 19.6. The van der Waals surface area contributed by atoms with Gasteiger partial charge in [0.05, 0.1) is 6.61 Å². The third-order valence-corrected chi connectivity index (χ3v) is 4.51. The molecule has 26 heavy (non-hydrogen) atoms. The molecule has 1 heterocycles. The van der Waals surface area contributed by atoms with Crippen LogP contribution < -0.4 is 10.1 Å². The number of imide groups is 1. The van der Waals surface area contributed by atoms with Crippen LogP contribution in [0.5, 0.6) is 5.75 Å². The van der Waals surface area contributed by atoms with Gasteiger partial charge in [0.2, 0.25) is 0 Å². The summed E-state index contributed by atoms with van der Waals surface area (Å²) in [4.78, 5) is 26.3. The molecule has 1 N–H and O–H groups in total. The average Bonchev–Trinajstić information content (AvgIpc) is 2.84. The molecule has 6 heteroatoms. The number of urea groups is 1. The molecule has 5 nitrogen and oxygen atoms in total. The molecule has 0 radical (unpaired) electrons. The van der Waals surface area contributed by atoms with Crippen LogP contribution >= 0.6 is 0 Å². The number of carbonyl (C=O) groups is 2. The van der Waals surface area contributed by atoms with E-state index in [1.54, 1.807) is 6.92 Å². The summed E-state index contributed by atoms with van der Waals surface area (Å²) in [6.07, 6.45) is 0.487. The molecule has 1 saturated heterocycles. The van der Waals surface area contributed by atoms with Crippen molar-refractivity contribution in [3.05, 3.63) is 65.5 Å². The lowest BCUT2D eigenvalue weighted by Crippen LogP contribution is -2.41. The topological polar surface area (TPSA) is 58.6 Å². The van der Waals surface area contributed by atoms with Crippen molar-refractivity contribution in [1.82, 2.24) is 10.2 Å². The number of nitrogens with one attached hydrogen (secondary N) is 1. The van der Waals surface area contributed by atoms with Gasteiger partial charge in [-0.05, 0) is 50.1 Å². The molecule has 3 amide bonds. The minimum atomic E-state index is -1.05. The van der Waals surface area contributed by atoms with Gasteiger partial charge in [-0.1, -0.05) is 29.8 Å². The second-order valence-electron chi connectivity index (χ2n) is 6.53. The molecule has 1 aliphatic heterocycles. The number of aryl methyl sites for hydroxylation is 1. The van der Waals surface area contributed by atoms with Crippen molar-refractivity contribution < 1.29 is 18.7 Å². The van der Waals surface area contributed by atoms with Crippen molar-refractivity contribution in [2.75, 3.05) is 13.2 Å². The number of nitrogens with zero attached hydrogens (tertiary/aromatic N) is 1. The molecule has 0 spiro atoms. The van der Waals surface area contributed by atoms with Crippen molar-refractivity contribution in [1.29, 1.82) is 0 Å². The van der Waals surface area contributed by atoms with Crippen LogP contribution in [0.4, 0.5) is 9.18 Å². The Morgan fingerprint density at radius 2 is 1.73 bits per heavy atom. The van der Waals surface area contributed by atoms with Crippen molar-refractivity contribution in [3.8, 4) is 5.75 Å². The van der Waals surface area contributed by atoms with Crippen LogP contribution in [-0.2, 0) is 10.3 Å². The number of hydrogen-bond donors (Lipinski definition) is 1. The van der Waals surface area contributed by atoms with E-state index in [4.69, 9.17) is 4.74 Å². The highest BCUT2D eigenvalue weighted by Crippen LogP contribution is 2.29. The molecule has 0 saturated carbocycles. The number of rotatable bonds is 6. The number of hydrogen-bond acceptors (Lipinski definition) is 3. The summed E-state index contributed by atoms with van der Waals surface area (Å²) in [5.41, 5.74) is 0.790. The summed E-state index contributed by atoms with van der Waals surface area (Å²) in [7, 11) is 0. The van der Waals surface area contributed by atoms with Crippen molar-refractivity contribution >= 4 is 11.9 Å². The van der Waals surface area contributed by atoms with Gasteiger partial charge in [0.15, 0.2) is 0 Å². The first-order valence-electron chi connectivity index (χ1n) is 8.50. The van der Waals surface area contributed by atoms with E-state index >= 15 is 0 Å². The second-order valence-corrected chi connectivity index (χ2v) is 6.53. The van der Waals surface area contributed by atoms with Gasteiger partial charge in [0.25, 0.3) is 5.91 Å². The highest BCUT2D eigenvalue weighted by atomic mass is 19.1. The summed E-state index contributed by atoms with van der Waals surface area (Å²) in [5.74, 6) is -0.0479. The van der Waals surface area contributed by atoms with Gasteiger partial charge >= 0.3 is 6.03 Å². The van der Waals surface area contributed by atoms with Crippen molar-refractivity contribution in [3.63, 3.8) is 0 Å². The second kappa shape index (κ2) is 7.15. The van der Waals surface area contributed by atoms with E-state index in [0.717, 1.165) is 11.1 Å². The summed E-state index contributed by atoms with van der Waals surface area (Å²) >= 11 is 0. The lowest BCUT2D eigenvalue weighted by atomic mass is 9.91. The molecule has 2 aromatic rings. The predicted molar refractivity (Wildman–Crippen MR) is 95.3 cm³/mol. The zero-order valence-electron chi connectivity index (χ0n) is 14.8. The first kappa shape index (κ1) is 17.9. The van der Waals surface area contributed by atoms with Crippen LogP contribution in [0.1, 0.15) is 24.5 Å². The lowest BCUT2D eigenvalue weighted by molar-refractivity contribution is -0.131. The van der Waals surface area contributed by atoms with Crippen LogP contribution in [-0.4, -0.2) is 30.0 Å². The van der Waals surface area contributed by atoms with E-state index in [-0.39, 0.29) is 18.3 Å². The maximum Gasteiger partial charge on any atom is 0.325 e. The Labute approximate surface area is 151 Å². The van der Waals surface area contributed by atoms with Gasteiger partial charge in [0, 0.05) is 6.54 Å². The minimum absolute atomic E-state index is 0.257. The van der Waals surface area contributed by atoms with Gasteiger partial charge in [-0.15, -0.1) is 0 Å². The minimum Gasteiger partial charge on any atom is -0.494 e. The standard InChI is InChI=1S/C20H21FN2O3/c1-14-4-6-15(7-5-14)20(2)18(24)23(19(25)22-20)12-3-13-26-17-10-8-16(21)9-11-17/h4-11H,3,12-13H2,1-2H3,(H,22,25). The van der Waals surface area contributed by atoms with Crippen LogP contribution in [0.2, 0.25) is 0 Å². The Morgan fingerprint density at radius 1 is 1.08 bits per heavy atom. The van der Waals surface area contributed by atoms with Gasteiger partial charge in [-0.25, -0.2) is 9.18 Å². The Kier molecular flexibility index (Phi) is 4.93. The molecular formula is C20H21FN2O3. The lowest BCUT2D eigenvalue weighted by Gasteiger charge is -2.22. The Morgan fingerprint density at radius 3 is 2.38 bits per heavy atom. The van der Waals surface area contributed by atoms with E-state index in [0.29, 0.717) is 18.8 Å². The Bertz CT molecular complexity index is 805. The largest absolute Gasteiger partial charge is 0.494 e. The summed E-state index contributed by atoms with van der Waals surface area (Å²) < 4.78 is 18.4. The summed E-state index contributed by atoms with van der Waals surface area (Å²) in [6.45, 7) is 4.26. The molecule has 0 bridgehead atoms. The molecule has 1 unspecified atom stereocenters. The fourth-order valence-corrected chi connectivity index (χ4v) is 2.93. The maximum atomic E-state index is 12.9. The molecule has 3 rings (SSSR count). The monoisotopic (exact) mass is 356 g/mol. The SMILES string of the molecule is Cc1ccc(C2(C)NC(=O)N(CCCOc3ccc(F)cc3)C2=O)cc1. The van der Waals surface area contributed by atoms with Crippen LogP contribution in [0.25, 0.3) is 0 Å². The highest BCUT2D eigenvalue weighted by Gasteiger charge is 2.48. The quantitative estimate of drug-likeness (QED) is 0.638. The van der Waals surface area contributed by atoms with E-state index in [1.165, 1.54) is 29.2 Å². The molecule has 1 aliphatic rings. The van der Waals surface area contributed by atoms with E-state index in [9.17, 15) is 14.0 Å². The van der Waals surface area contributed by atoms with Crippen molar-refractivity contribution in [2.45, 2.75) is 25.8 Å². The van der Waals surface area contributed by atoms with Crippen LogP contribution in [0.3, 0.4) is 0 Å². The van der Waals surface area contributed by atoms with Crippen molar-refractivity contribution in [2.24, 2.45) is 0 Å². The first-order valence-corrected chi connectivity index (χ1v) is 8.50. The third-order valence-electron chi connectivity index (χ3n) is 4.51. The Hall–Kier alpha value is -2.89. The summed E-state index contributed by atoms with van der Waals surface area (Å²) in [5, 5.41) is 2.79. The van der Waals surface area contributed by atoms with E-state index in [1.807, 2.05) is 31.2 Å². The fourth-order valence-electron chi connectivity index (χ4n) is 2.93. The zero-order valence-corrected chi connectivity index (χ0v) is 14.8. The Balaban J connectivity index is 1.58. The average molecular weight is 356 g/mol. The highest BCUT2D eigenvalue weighted by molar-refractivity contribution is 6.07. The molecule has 2 aromatic carbocycles. The maximum absolute atomic E-state index is 12.9. The number of carbonyl (C=O) groups excluding carboxylic acids is 2. The smallest absolute Gasteiger partial charge is 0.325 e. The van der Waals surface area contributed by atoms with E-state index < -0.39 is 11.6 Å². The summed E-state index contributed by atoms with van der Waals surface area (Å²) in [6, 6.07) is 12.9. The van der Waals surface area contributed by atoms with Crippen LogP contribution in [0.15, 0.2) is 48.5 Å². The van der Waals surface area contributed by atoms with Gasteiger partial charge < -0.3 is 10.1 Å². The number of benzene rings is 2. The van der Waals surface area contributed by atoms with Crippen LogP contribution in [0, 0.1) is 12.7 Å². The van der Waals surface area contributed by atoms with Gasteiger partial charge in [0.1, 0.15) is 17.1 Å². The fraction of sp³-hybridized carbons (Fsp3) is 0.300. The van der Waals surface area contributed by atoms with Gasteiger partial charge in [-0.2, -0.15) is 0 Å². The molecule has 1 atom stereocenters. The zero-order chi connectivity index (χ0) is 18.7. The third kappa shape index (κ3) is 3.54. The number of amides is 3. The molecule has 136 valence electrons. The molecule has 0 aliphatic carbocycles. The van der Waals surface area contributed by atoms with E-state index in [2.05, 4.69) is 5.32 Å². The first-order chi connectivity index (χ1) is 12.4. The molecule has 0 aromatic heterocycles. The molecular weight excluding hydrogens is 335 g/mol. The number of ether oxygens (including phenoxy) is 1. The number of halogens is 1. The van der Waals surface area contributed by atoms with Gasteiger partial charge in [-0.3, -0.25) is 9.69 Å². The molecule has 1 fully saturated rings. The predicted octanol–water partition coefficient (Wildman–Crippen LogP) is 3.37.